The van der Waals surface area contributed by atoms with Gasteiger partial charge in [0.1, 0.15) is 5.75 Å². The molecule has 46 heavy (non-hydrogen) atoms. The summed E-state index contributed by atoms with van der Waals surface area (Å²) in [7, 11) is -3.79. The molecule has 246 valence electrons. The van der Waals surface area contributed by atoms with Crippen LogP contribution in [0.5, 0.6) is 5.75 Å². The van der Waals surface area contributed by atoms with Gasteiger partial charge in [-0.2, -0.15) is 0 Å². The summed E-state index contributed by atoms with van der Waals surface area (Å²) in [5, 5.41) is 25.4. The summed E-state index contributed by atoms with van der Waals surface area (Å²) >= 11 is 0. The van der Waals surface area contributed by atoms with Crippen LogP contribution >= 0.6 is 0 Å². The second kappa shape index (κ2) is 17.5. The number of rotatable bonds is 17. The molecule has 0 fully saturated rings. The molecule has 0 heterocycles. The van der Waals surface area contributed by atoms with Gasteiger partial charge in [-0.05, 0) is 60.7 Å². The molecule has 2 amide bonds. The van der Waals surface area contributed by atoms with Crippen molar-refractivity contribution in [1.29, 1.82) is 0 Å². The highest BCUT2D eigenvalue weighted by molar-refractivity contribution is 7.88. The van der Waals surface area contributed by atoms with E-state index in [1.165, 1.54) is 29.3 Å². The average Bonchev–Trinajstić information content (AvgIpc) is 3.04. The quantitative estimate of drug-likeness (QED) is 0.129. The molecule has 0 radical (unpaired) electrons. The topological polar surface area (TPSA) is 139 Å². The first-order chi connectivity index (χ1) is 22.0. The van der Waals surface area contributed by atoms with Gasteiger partial charge in [-0.15, -0.1) is 11.3 Å². The Hall–Kier alpha value is -4.21. The lowest BCUT2D eigenvalue weighted by molar-refractivity contribution is 0.0634. The van der Waals surface area contributed by atoms with E-state index in [1.807, 2.05) is 13.8 Å². The van der Waals surface area contributed by atoms with E-state index in [0.29, 0.717) is 29.8 Å². The fraction of sp³-hybridized carbons (Fsp3) is 0.371. The fourth-order valence-electron chi connectivity index (χ4n) is 5.03. The summed E-state index contributed by atoms with van der Waals surface area (Å²) in [6, 6.07) is 18.8. The second-order valence-corrected chi connectivity index (χ2v) is 12.8. The average molecular weight is 649 g/mol. The third kappa shape index (κ3) is 11.0. The number of terminal acetylenes is 1. The number of hydrogen-bond donors (Lipinski definition) is 4. The number of benzene rings is 3. The van der Waals surface area contributed by atoms with Crippen molar-refractivity contribution in [2.45, 2.75) is 57.9 Å². The smallest absolute Gasteiger partial charge is 0.253 e. The SMILES string of the molecule is C#Cc1cc(C(=O)NC(Cc2ccc(O)cc2)C(O)CN(CC)NS(=O)(=O)Cc2ccccc2)cc(C(=O)N(CCC)CCC)c1. The minimum atomic E-state index is -3.79. The van der Waals surface area contributed by atoms with E-state index in [4.69, 9.17) is 6.42 Å². The summed E-state index contributed by atoms with van der Waals surface area (Å²) in [5.74, 6) is 1.56. The number of amides is 2. The zero-order valence-electron chi connectivity index (χ0n) is 26.6. The Bertz CT molecular complexity index is 1580. The Morgan fingerprint density at radius 1 is 0.913 bits per heavy atom. The van der Waals surface area contributed by atoms with Gasteiger partial charge in [-0.25, -0.2) is 13.4 Å². The van der Waals surface area contributed by atoms with E-state index >= 15 is 0 Å². The predicted molar refractivity (Wildman–Crippen MR) is 179 cm³/mol. The number of hydrogen-bond acceptors (Lipinski definition) is 7. The summed E-state index contributed by atoms with van der Waals surface area (Å²) in [5.41, 5.74) is 2.15. The van der Waals surface area contributed by atoms with Gasteiger partial charge in [0.05, 0.1) is 17.9 Å². The summed E-state index contributed by atoms with van der Waals surface area (Å²) in [6.07, 6.45) is 6.19. The van der Waals surface area contributed by atoms with Crippen LogP contribution in [0.1, 0.15) is 71.0 Å². The number of aliphatic hydroxyl groups excluding tert-OH is 1. The number of nitrogens with zero attached hydrogens (tertiary/aromatic N) is 2. The van der Waals surface area contributed by atoms with E-state index in [1.54, 1.807) is 60.4 Å². The molecule has 0 aliphatic heterocycles. The van der Waals surface area contributed by atoms with Crippen LogP contribution in [-0.2, 0) is 22.2 Å². The summed E-state index contributed by atoms with van der Waals surface area (Å²) < 4.78 is 25.8. The summed E-state index contributed by atoms with van der Waals surface area (Å²) in [4.78, 5) is 31.3. The van der Waals surface area contributed by atoms with Crippen LogP contribution < -0.4 is 10.1 Å². The number of nitrogens with one attached hydrogen (secondary N) is 2. The van der Waals surface area contributed by atoms with Gasteiger partial charge >= 0.3 is 0 Å². The molecule has 0 spiro atoms. The molecule has 0 aliphatic carbocycles. The van der Waals surface area contributed by atoms with Crippen LogP contribution in [0.4, 0.5) is 0 Å². The van der Waals surface area contributed by atoms with Crippen LogP contribution in [0.15, 0.2) is 72.8 Å². The Morgan fingerprint density at radius 3 is 2.13 bits per heavy atom. The van der Waals surface area contributed by atoms with Crippen molar-refractivity contribution in [2.75, 3.05) is 26.2 Å². The third-order valence-corrected chi connectivity index (χ3v) is 8.56. The van der Waals surface area contributed by atoms with Crippen LogP contribution in [0, 0.1) is 12.3 Å². The Kier molecular flexibility index (Phi) is 13.8. The predicted octanol–water partition coefficient (Wildman–Crippen LogP) is 3.69. The zero-order chi connectivity index (χ0) is 33.7. The molecule has 10 nitrogen and oxygen atoms in total. The lowest BCUT2D eigenvalue weighted by Crippen LogP contribution is -2.53. The molecule has 2 unspecified atom stereocenters. The van der Waals surface area contributed by atoms with Gasteiger partial charge in [-0.3, -0.25) is 9.59 Å². The molecule has 0 aliphatic rings. The van der Waals surface area contributed by atoms with Crippen LogP contribution in [0.3, 0.4) is 0 Å². The molecule has 2 atom stereocenters. The van der Waals surface area contributed by atoms with Crippen LogP contribution in [0.25, 0.3) is 0 Å². The molecule has 3 aromatic carbocycles. The number of sulfonamides is 1. The number of carbonyl (C=O) groups excluding carboxylic acids is 2. The van der Waals surface area contributed by atoms with Gasteiger partial charge in [0.2, 0.25) is 10.0 Å². The molecule has 0 saturated heterocycles. The van der Waals surface area contributed by atoms with Crippen molar-refractivity contribution in [1.82, 2.24) is 20.1 Å². The third-order valence-electron chi connectivity index (χ3n) is 7.31. The maximum atomic E-state index is 13.7. The monoisotopic (exact) mass is 648 g/mol. The minimum absolute atomic E-state index is 0.0679. The van der Waals surface area contributed by atoms with E-state index in [2.05, 4.69) is 16.1 Å². The van der Waals surface area contributed by atoms with Gasteiger partial charge < -0.3 is 20.4 Å². The minimum Gasteiger partial charge on any atom is -0.508 e. The van der Waals surface area contributed by atoms with Crippen molar-refractivity contribution >= 4 is 21.8 Å². The molecular formula is C35H44N4O6S. The highest BCUT2D eigenvalue weighted by Crippen LogP contribution is 2.17. The number of phenols is 1. The molecule has 3 rings (SSSR count). The Morgan fingerprint density at radius 2 is 1.54 bits per heavy atom. The van der Waals surface area contributed by atoms with Crippen molar-refractivity contribution in [3.8, 4) is 18.1 Å². The number of hydrazine groups is 1. The van der Waals surface area contributed by atoms with E-state index in [-0.39, 0.29) is 42.5 Å². The first-order valence-corrected chi connectivity index (χ1v) is 17.1. The molecule has 0 saturated carbocycles. The largest absolute Gasteiger partial charge is 0.508 e. The van der Waals surface area contributed by atoms with Crippen LogP contribution in [0.2, 0.25) is 0 Å². The molecule has 11 heteroatoms. The van der Waals surface area contributed by atoms with Crippen LogP contribution in [-0.4, -0.2) is 78.7 Å². The lowest BCUT2D eigenvalue weighted by atomic mass is 9.99. The molecule has 0 aromatic heterocycles. The molecular weight excluding hydrogens is 604 g/mol. The number of carbonyl (C=O) groups is 2. The highest BCUT2D eigenvalue weighted by atomic mass is 32.2. The van der Waals surface area contributed by atoms with E-state index in [9.17, 15) is 28.2 Å². The molecule has 0 bridgehead atoms. The maximum absolute atomic E-state index is 13.7. The van der Waals surface area contributed by atoms with Gasteiger partial charge in [0, 0.05) is 42.9 Å². The van der Waals surface area contributed by atoms with Crippen molar-refractivity contribution in [3.05, 3.63) is 101 Å². The van der Waals surface area contributed by atoms with Gasteiger partial charge in [-0.1, -0.05) is 69.2 Å². The van der Waals surface area contributed by atoms with Gasteiger partial charge in [0.15, 0.2) is 0 Å². The molecule has 3 aromatic rings. The first-order valence-electron chi connectivity index (χ1n) is 15.4. The Balaban J connectivity index is 1.86. The summed E-state index contributed by atoms with van der Waals surface area (Å²) in [6.45, 7) is 6.96. The van der Waals surface area contributed by atoms with E-state index < -0.39 is 28.1 Å². The number of likely N-dealkylation sites (N-methyl/N-ethyl adjacent to an activating group) is 1. The normalized spacial score (nSPS) is 12.7. The Labute approximate surface area is 272 Å². The van der Waals surface area contributed by atoms with Crippen molar-refractivity contribution in [2.24, 2.45) is 0 Å². The number of aliphatic hydroxyl groups is 1. The first kappa shape index (κ1) is 36.3. The zero-order valence-corrected chi connectivity index (χ0v) is 27.5. The van der Waals surface area contributed by atoms with Crippen molar-refractivity contribution < 1.29 is 28.2 Å². The fourth-order valence-corrected chi connectivity index (χ4v) is 6.32. The lowest BCUT2D eigenvalue weighted by Gasteiger charge is -2.30. The van der Waals surface area contributed by atoms with Crippen molar-refractivity contribution in [3.63, 3.8) is 0 Å². The van der Waals surface area contributed by atoms with Gasteiger partial charge in [0.25, 0.3) is 11.8 Å². The maximum Gasteiger partial charge on any atom is 0.253 e. The standard InChI is InChI=1S/C35H44N4O6S/c1-5-18-38(19-6-2)35(43)30-21-26(7-3)20-29(23-30)34(42)36-32(22-27-14-16-31(40)17-15-27)33(41)24-39(8-4)37-46(44,45)25-28-12-10-9-11-13-28/h3,9-17,20-21,23,32-33,37,40-41H,5-6,8,18-19,22,24-25H2,1-2,4H3,(H,36,42). The van der Waals surface area contributed by atoms with E-state index in [0.717, 1.165) is 18.4 Å². The number of phenolic OH excluding ortho intramolecular Hbond substituents is 1. The second-order valence-electron chi connectivity index (χ2n) is 11.1. The highest BCUT2D eigenvalue weighted by Gasteiger charge is 2.27. The molecule has 4 N–H and O–H groups in total. The number of aromatic hydroxyl groups is 1.